The van der Waals surface area contributed by atoms with Crippen molar-refractivity contribution >= 4 is 19.7 Å². The summed E-state index contributed by atoms with van der Waals surface area (Å²) in [6, 6.07) is 3.13. The van der Waals surface area contributed by atoms with E-state index >= 15 is 0 Å². The summed E-state index contributed by atoms with van der Waals surface area (Å²) in [6.45, 7) is 0. The van der Waals surface area contributed by atoms with E-state index in [1.165, 1.54) is 0 Å². The highest BCUT2D eigenvalue weighted by Crippen LogP contribution is 2.03. The lowest BCUT2D eigenvalue weighted by atomic mass is 10.4. The predicted octanol–water partition coefficient (Wildman–Crippen LogP) is 0.671. The lowest BCUT2D eigenvalue weighted by Crippen LogP contribution is -2.06. The van der Waals surface area contributed by atoms with Crippen LogP contribution >= 0.6 is 0 Å². The molecule has 0 amide bonds. The number of hydrogen-bond acceptors (Lipinski definition) is 6. The van der Waals surface area contributed by atoms with Gasteiger partial charge in [-0.2, -0.15) is 10.5 Å². The fraction of sp³-hybridized carbons (Fsp3) is 0.400. The van der Waals surface area contributed by atoms with E-state index in [0.717, 1.165) is 23.0 Å². The Labute approximate surface area is 107 Å². The first kappa shape index (κ1) is 16.4. The zero-order valence-electron chi connectivity index (χ0n) is 9.48. The summed E-state index contributed by atoms with van der Waals surface area (Å²) in [4.78, 5) is 0. The van der Waals surface area contributed by atoms with Gasteiger partial charge in [0.25, 0.3) is 0 Å². The molecule has 8 heteroatoms. The van der Waals surface area contributed by atoms with Gasteiger partial charge in [0.05, 0.1) is 23.6 Å². The molecule has 6 nitrogen and oxygen atoms in total. The topological polar surface area (TPSA) is 116 Å². The maximum absolute atomic E-state index is 11.2. The molecule has 0 heterocycles. The van der Waals surface area contributed by atoms with Gasteiger partial charge in [0.2, 0.25) is 0 Å². The molecular weight excluding hydrogens is 276 g/mol. The maximum Gasteiger partial charge on any atom is 0.172 e. The molecular formula is C10H12N2O4S2. The Morgan fingerprint density at radius 3 is 1.39 bits per heavy atom. The van der Waals surface area contributed by atoms with E-state index in [1.54, 1.807) is 12.1 Å². The number of nitriles is 2. The van der Waals surface area contributed by atoms with Crippen LogP contribution in [0.1, 0.15) is 12.8 Å². The molecule has 0 aromatic heterocycles. The summed E-state index contributed by atoms with van der Waals surface area (Å²) < 4.78 is 45.0. The molecule has 0 aliphatic rings. The second-order valence-electron chi connectivity index (χ2n) is 3.30. The van der Waals surface area contributed by atoms with Gasteiger partial charge in [0, 0.05) is 23.0 Å². The minimum atomic E-state index is -3.45. The Bertz CT molecular complexity index is 545. The maximum atomic E-state index is 11.2. The zero-order chi connectivity index (χ0) is 14.1. The second-order valence-corrected chi connectivity index (χ2v) is 7.32. The molecule has 0 atom stereocenters. The monoisotopic (exact) mass is 288 g/mol. The number of unbranched alkanes of at least 4 members (excludes halogenated alkanes) is 1. The first-order valence-corrected chi connectivity index (χ1v) is 8.34. The third-order valence-corrected chi connectivity index (χ3v) is 4.62. The van der Waals surface area contributed by atoms with Crippen LogP contribution in [0.5, 0.6) is 0 Å². The number of allylic oxidation sites excluding steroid dienone is 2. The van der Waals surface area contributed by atoms with E-state index in [2.05, 4.69) is 0 Å². The van der Waals surface area contributed by atoms with Crippen molar-refractivity contribution in [3.63, 3.8) is 0 Å². The van der Waals surface area contributed by atoms with Crippen molar-refractivity contribution in [1.82, 2.24) is 0 Å². The second kappa shape index (κ2) is 7.64. The quantitative estimate of drug-likeness (QED) is 0.502. The minimum Gasteiger partial charge on any atom is -0.224 e. The Morgan fingerprint density at radius 1 is 0.778 bits per heavy atom. The lowest BCUT2D eigenvalue weighted by Gasteiger charge is -1.99. The van der Waals surface area contributed by atoms with Gasteiger partial charge >= 0.3 is 0 Å². The van der Waals surface area contributed by atoms with E-state index in [1.807, 2.05) is 0 Å². The van der Waals surface area contributed by atoms with Crippen LogP contribution in [0, 0.1) is 22.7 Å². The van der Waals surface area contributed by atoms with Crippen molar-refractivity contribution < 1.29 is 16.8 Å². The molecule has 0 saturated carbocycles. The van der Waals surface area contributed by atoms with Crippen molar-refractivity contribution in [2.45, 2.75) is 12.8 Å². The summed E-state index contributed by atoms with van der Waals surface area (Å²) in [5.41, 5.74) is 0. The van der Waals surface area contributed by atoms with E-state index in [0.29, 0.717) is 0 Å². The fourth-order valence-electron chi connectivity index (χ4n) is 1.01. The smallest absolute Gasteiger partial charge is 0.172 e. The number of nitrogens with zero attached hydrogens (tertiary/aromatic N) is 2. The van der Waals surface area contributed by atoms with Gasteiger partial charge in [0.15, 0.2) is 19.7 Å². The Balaban J connectivity index is 4.18. The van der Waals surface area contributed by atoms with Crippen LogP contribution in [0.25, 0.3) is 0 Å². The molecule has 0 spiro atoms. The van der Waals surface area contributed by atoms with Gasteiger partial charge in [-0.15, -0.1) is 0 Å². The standard InChI is InChI=1S/C10H12N2O4S2/c11-5-3-9-17(13,14)7-1-2-8-18(15,16)10-4-6-12/h3-4,9-10H,1-2,7-8H2. The number of rotatable bonds is 7. The van der Waals surface area contributed by atoms with Gasteiger partial charge < -0.3 is 0 Å². The minimum absolute atomic E-state index is 0.178. The highest BCUT2D eigenvalue weighted by atomic mass is 32.2. The van der Waals surface area contributed by atoms with Crippen molar-refractivity contribution in [3.8, 4) is 12.1 Å². The first-order valence-electron chi connectivity index (χ1n) is 4.91. The molecule has 0 saturated heterocycles. The van der Waals surface area contributed by atoms with E-state index in [4.69, 9.17) is 10.5 Å². The Morgan fingerprint density at radius 2 is 1.11 bits per heavy atom. The normalized spacial score (nSPS) is 12.6. The average molecular weight is 288 g/mol. The first-order chi connectivity index (χ1) is 8.33. The van der Waals surface area contributed by atoms with Gasteiger partial charge in [-0.3, -0.25) is 0 Å². The number of hydrogen-bond donors (Lipinski definition) is 0. The van der Waals surface area contributed by atoms with Gasteiger partial charge in [-0.05, 0) is 12.8 Å². The van der Waals surface area contributed by atoms with Gasteiger partial charge in [-0.1, -0.05) is 0 Å². The highest BCUT2D eigenvalue weighted by molar-refractivity contribution is 7.94. The van der Waals surface area contributed by atoms with Crippen LogP contribution in [-0.4, -0.2) is 28.3 Å². The van der Waals surface area contributed by atoms with Crippen LogP contribution in [0.4, 0.5) is 0 Å². The molecule has 98 valence electrons. The number of sulfone groups is 2. The summed E-state index contributed by atoms with van der Waals surface area (Å²) in [5, 5.41) is 18.0. The van der Waals surface area contributed by atoms with E-state index in [-0.39, 0.29) is 24.3 Å². The molecule has 0 radical (unpaired) electrons. The van der Waals surface area contributed by atoms with E-state index < -0.39 is 19.7 Å². The molecule has 0 aromatic rings. The largest absolute Gasteiger partial charge is 0.224 e. The molecule has 0 aliphatic carbocycles. The average Bonchev–Trinajstić information content (AvgIpc) is 2.30. The van der Waals surface area contributed by atoms with Crippen LogP contribution < -0.4 is 0 Å². The molecule has 0 N–H and O–H groups in total. The predicted molar refractivity (Wildman–Crippen MR) is 66.3 cm³/mol. The Kier molecular flexibility index (Phi) is 6.94. The summed E-state index contributed by atoms with van der Waals surface area (Å²) in [6.07, 6.45) is 2.08. The zero-order valence-corrected chi connectivity index (χ0v) is 11.1. The fourth-order valence-corrected chi connectivity index (χ4v) is 3.03. The third kappa shape index (κ3) is 8.50. The molecule has 0 rings (SSSR count). The highest BCUT2D eigenvalue weighted by Gasteiger charge is 2.09. The summed E-state index contributed by atoms with van der Waals surface area (Å²) >= 11 is 0. The third-order valence-electron chi connectivity index (χ3n) is 1.81. The van der Waals surface area contributed by atoms with Crippen molar-refractivity contribution in [1.29, 1.82) is 10.5 Å². The van der Waals surface area contributed by atoms with E-state index in [9.17, 15) is 16.8 Å². The van der Waals surface area contributed by atoms with Crippen molar-refractivity contribution in [3.05, 3.63) is 23.0 Å². The van der Waals surface area contributed by atoms with Crippen LogP contribution in [0.15, 0.2) is 23.0 Å². The van der Waals surface area contributed by atoms with Gasteiger partial charge in [0.1, 0.15) is 0 Å². The van der Waals surface area contributed by atoms with Crippen LogP contribution in [-0.2, 0) is 19.7 Å². The lowest BCUT2D eigenvalue weighted by molar-refractivity contribution is 0.594. The molecule has 18 heavy (non-hydrogen) atoms. The molecule has 0 unspecified atom stereocenters. The van der Waals surface area contributed by atoms with Crippen molar-refractivity contribution in [2.24, 2.45) is 0 Å². The SMILES string of the molecule is N#CC=CS(=O)(=O)CCCCS(=O)(=O)C=CC#N. The van der Waals surface area contributed by atoms with Crippen molar-refractivity contribution in [2.75, 3.05) is 11.5 Å². The molecule has 0 aliphatic heterocycles. The molecule has 0 fully saturated rings. The summed E-state index contributed by atoms with van der Waals surface area (Å²) in [5.74, 6) is -0.411. The molecule has 0 bridgehead atoms. The van der Waals surface area contributed by atoms with Crippen LogP contribution in [0.2, 0.25) is 0 Å². The van der Waals surface area contributed by atoms with Crippen LogP contribution in [0.3, 0.4) is 0 Å². The summed E-state index contributed by atoms with van der Waals surface area (Å²) in [7, 11) is -6.89. The Hall–Kier alpha value is -1.64. The van der Waals surface area contributed by atoms with Gasteiger partial charge in [-0.25, -0.2) is 16.8 Å². The molecule has 0 aromatic carbocycles.